The molecule has 1 amide bonds. The van der Waals surface area contributed by atoms with E-state index < -0.39 is 0 Å². The van der Waals surface area contributed by atoms with Crippen LogP contribution in [0.25, 0.3) is 0 Å². The van der Waals surface area contributed by atoms with Gasteiger partial charge in [-0.2, -0.15) is 0 Å². The third-order valence-corrected chi connectivity index (χ3v) is 2.87. The van der Waals surface area contributed by atoms with Crippen molar-refractivity contribution in [1.29, 1.82) is 0 Å². The van der Waals surface area contributed by atoms with Gasteiger partial charge < -0.3 is 10.6 Å². The number of carbonyl (C=O) groups is 1. The van der Waals surface area contributed by atoms with Crippen molar-refractivity contribution >= 4 is 5.91 Å². The zero-order valence-corrected chi connectivity index (χ0v) is 11.1. The Morgan fingerprint density at radius 2 is 1.82 bits per heavy atom. The van der Waals surface area contributed by atoms with Crippen molar-refractivity contribution in [2.45, 2.75) is 32.7 Å². The highest BCUT2D eigenvalue weighted by Gasteiger charge is 2.22. The molecule has 2 N–H and O–H groups in total. The van der Waals surface area contributed by atoms with Gasteiger partial charge in [-0.1, -0.05) is 31.2 Å². The number of likely N-dealkylation sites (N-methyl/N-ethyl adjacent to an activating group) is 1. The van der Waals surface area contributed by atoms with Gasteiger partial charge in [0.2, 0.25) is 5.91 Å². The lowest BCUT2D eigenvalue weighted by molar-refractivity contribution is -0.121. The van der Waals surface area contributed by atoms with Crippen LogP contribution in [0.15, 0.2) is 24.3 Å². The van der Waals surface area contributed by atoms with E-state index >= 15 is 0 Å². The molecule has 1 rings (SSSR count). The Morgan fingerprint density at radius 1 is 1.24 bits per heavy atom. The van der Waals surface area contributed by atoms with Gasteiger partial charge in [0.25, 0.3) is 0 Å². The van der Waals surface area contributed by atoms with E-state index in [-0.39, 0.29) is 11.4 Å². The molecule has 0 bridgehead atoms. The molecule has 0 radical (unpaired) electrons. The van der Waals surface area contributed by atoms with Crippen LogP contribution >= 0.6 is 0 Å². The van der Waals surface area contributed by atoms with E-state index in [1.165, 1.54) is 5.56 Å². The summed E-state index contributed by atoms with van der Waals surface area (Å²) in [5.74, 6) is 0.0112. The first-order chi connectivity index (χ1) is 7.99. The predicted molar refractivity (Wildman–Crippen MR) is 70.9 cm³/mol. The van der Waals surface area contributed by atoms with E-state index in [1.54, 1.807) is 7.05 Å². The van der Waals surface area contributed by atoms with Crippen LogP contribution in [0.5, 0.6) is 0 Å². The van der Waals surface area contributed by atoms with Gasteiger partial charge in [0, 0.05) is 0 Å². The fraction of sp³-hybridized carbons (Fsp3) is 0.500. The Labute approximate surface area is 104 Å². The summed E-state index contributed by atoms with van der Waals surface area (Å²) in [5.41, 5.74) is 2.10. The zero-order chi connectivity index (χ0) is 12.9. The molecule has 1 aromatic rings. The molecule has 3 nitrogen and oxygen atoms in total. The third kappa shape index (κ3) is 3.86. The Hall–Kier alpha value is -1.35. The van der Waals surface area contributed by atoms with Crippen LogP contribution in [0.1, 0.15) is 31.9 Å². The second-order valence-corrected chi connectivity index (χ2v) is 4.75. The van der Waals surface area contributed by atoms with Crippen LogP contribution in [0, 0.1) is 0 Å². The minimum atomic E-state index is -0.333. The van der Waals surface area contributed by atoms with Crippen LogP contribution < -0.4 is 10.6 Å². The number of carbonyl (C=O) groups excluding carboxylic acids is 1. The summed E-state index contributed by atoms with van der Waals surface area (Å²) in [4.78, 5) is 11.6. The SMILES string of the molecule is CCc1ccc(C(C)(C)NC(=O)CNC)cc1. The maximum absolute atomic E-state index is 11.6. The predicted octanol–water partition coefficient (Wildman–Crippen LogP) is 1.82. The Kier molecular flexibility index (Phi) is 4.70. The van der Waals surface area contributed by atoms with Gasteiger partial charge >= 0.3 is 0 Å². The summed E-state index contributed by atoms with van der Waals surface area (Å²) in [7, 11) is 1.77. The van der Waals surface area contributed by atoms with Crippen molar-refractivity contribution < 1.29 is 4.79 Å². The first-order valence-electron chi connectivity index (χ1n) is 6.04. The molecule has 0 aliphatic heterocycles. The summed E-state index contributed by atoms with van der Waals surface area (Å²) >= 11 is 0. The number of benzene rings is 1. The average molecular weight is 234 g/mol. The van der Waals surface area contributed by atoms with Crippen molar-refractivity contribution in [2.24, 2.45) is 0 Å². The summed E-state index contributed by atoms with van der Waals surface area (Å²) in [6.07, 6.45) is 1.03. The standard InChI is InChI=1S/C14H22N2O/c1-5-11-6-8-12(9-7-11)14(2,3)16-13(17)10-15-4/h6-9,15H,5,10H2,1-4H3,(H,16,17). The van der Waals surface area contributed by atoms with Crippen LogP contribution in [0.3, 0.4) is 0 Å². The van der Waals surface area contributed by atoms with E-state index in [2.05, 4.69) is 41.8 Å². The van der Waals surface area contributed by atoms with Gasteiger partial charge in [0.1, 0.15) is 0 Å². The van der Waals surface area contributed by atoms with E-state index in [0.717, 1.165) is 12.0 Å². The van der Waals surface area contributed by atoms with Crippen LogP contribution in [-0.2, 0) is 16.8 Å². The molecule has 0 heterocycles. The minimum Gasteiger partial charge on any atom is -0.346 e. The van der Waals surface area contributed by atoms with Gasteiger partial charge in [0.15, 0.2) is 0 Å². The molecule has 0 aromatic heterocycles. The first-order valence-corrected chi connectivity index (χ1v) is 6.04. The van der Waals surface area contributed by atoms with Gasteiger partial charge in [0.05, 0.1) is 12.1 Å². The molecule has 3 heteroatoms. The van der Waals surface area contributed by atoms with Gasteiger partial charge in [-0.05, 0) is 38.4 Å². The Balaban J connectivity index is 2.77. The van der Waals surface area contributed by atoms with E-state index in [0.29, 0.717) is 6.54 Å². The Morgan fingerprint density at radius 3 is 2.29 bits per heavy atom. The molecule has 0 saturated carbocycles. The fourth-order valence-electron chi connectivity index (χ4n) is 1.78. The maximum atomic E-state index is 11.6. The fourth-order valence-corrected chi connectivity index (χ4v) is 1.78. The van der Waals surface area contributed by atoms with Gasteiger partial charge in [-0.25, -0.2) is 0 Å². The van der Waals surface area contributed by atoms with Crippen molar-refractivity contribution in [2.75, 3.05) is 13.6 Å². The minimum absolute atomic E-state index is 0.0112. The highest BCUT2D eigenvalue weighted by Crippen LogP contribution is 2.20. The molecule has 0 atom stereocenters. The second kappa shape index (κ2) is 5.82. The molecule has 1 aromatic carbocycles. The molecule has 0 saturated heterocycles. The van der Waals surface area contributed by atoms with Gasteiger partial charge in [-0.15, -0.1) is 0 Å². The van der Waals surface area contributed by atoms with Gasteiger partial charge in [-0.3, -0.25) is 4.79 Å². The third-order valence-electron chi connectivity index (χ3n) is 2.87. The van der Waals surface area contributed by atoms with Crippen LogP contribution in [-0.4, -0.2) is 19.5 Å². The summed E-state index contributed by atoms with van der Waals surface area (Å²) in [6.45, 7) is 6.51. The highest BCUT2D eigenvalue weighted by atomic mass is 16.2. The smallest absolute Gasteiger partial charge is 0.234 e. The van der Waals surface area contributed by atoms with Crippen molar-refractivity contribution in [3.63, 3.8) is 0 Å². The summed E-state index contributed by atoms with van der Waals surface area (Å²) in [6, 6.07) is 8.39. The van der Waals surface area contributed by atoms with E-state index in [9.17, 15) is 4.79 Å². The lowest BCUT2D eigenvalue weighted by Gasteiger charge is -2.27. The number of hydrogen-bond donors (Lipinski definition) is 2. The number of amides is 1. The second-order valence-electron chi connectivity index (χ2n) is 4.75. The number of nitrogens with one attached hydrogen (secondary N) is 2. The molecule has 0 aliphatic carbocycles. The largest absolute Gasteiger partial charge is 0.346 e. The number of aryl methyl sites for hydroxylation is 1. The van der Waals surface area contributed by atoms with E-state index in [1.807, 2.05) is 13.8 Å². The quantitative estimate of drug-likeness (QED) is 0.816. The average Bonchev–Trinajstić information content (AvgIpc) is 2.28. The maximum Gasteiger partial charge on any atom is 0.234 e. The number of hydrogen-bond acceptors (Lipinski definition) is 2. The molecule has 94 valence electrons. The molecule has 0 aliphatic rings. The summed E-state index contributed by atoms with van der Waals surface area (Å²) in [5, 5.41) is 5.86. The monoisotopic (exact) mass is 234 g/mol. The highest BCUT2D eigenvalue weighted by molar-refractivity contribution is 5.78. The van der Waals surface area contributed by atoms with Crippen molar-refractivity contribution in [3.05, 3.63) is 35.4 Å². The first kappa shape index (κ1) is 13.7. The molecular weight excluding hydrogens is 212 g/mol. The molecule has 0 fully saturated rings. The van der Waals surface area contributed by atoms with E-state index in [4.69, 9.17) is 0 Å². The molecular formula is C14H22N2O. The normalized spacial score (nSPS) is 11.3. The van der Waals surface area contributed by atoms with Crippen molar-refractivity contribution in [1.82, 2.24) is 10.6 Å². The topological polar surface area (TPSA) is 41.1 Å². The molecule has 0 spiro atoms. The molecule has 17 heavy (non-hydrogen) atoms. The van der Waals surface area contributed by atoms with Crippen LogP contribution in [0.2, 0.25) is 0 Å². The van der Waals surface area contributed by atoms with Crippen LogP contribution in [0.4, 0.5) is 0 Å². The lowest BCUT2D eigenvalue weighted by Crippen LogP contribution is -2.44. The Bertz CT molecular complexity index is 368. The number of rotatable bonds is 5. The molecule has 0 unspecified atom stereocenters. The summed E-state index contributed by atoms with van der Waals surface area (Å²) < 4.78 is 0. The zero-order valence-electron chi connectivity index (χ0n) is 11.1. The lowest BCUT2D eigenvalue weighted by atomic mass is 9.93. The van der Waals surface area contributed by atoms with Crippen molar-refractivity contribution in [3.8, 4) is 0 Å².